The average Bonchev–Trinajstić information content (AvgIpc) is 2.21. The molecule has 14 heavy (non-hydrogen) atoms. The summed E-state index contributed by atoms with van der Waals surface area (Å²) in [6, 6.07) is 3.96. The van der Waals surface area contributed by atoms with Gasteiger partial charge in [-0.05, 0) is 28.1 Å². The first-order valence-electron chi connectivity index (χ1n) is 4.47. The third-order valence-corrected chi connectivity index (χ3v) is 3.96. The van der Waals surface area contributed by atoms with Crippen molar-refractivity contribution in [1.29, 1.82) is 0 Å². The minimum absolute atomic E-state index is 0.618. The lowest BCUT2D eigenvalue weighted by molar-refractivity contribution is 0.672. The second kappa shape index (κ2) is 4.40. The van der Waals surface area contributed by atoms with Crippen molar-refractivity contribution in [2.75, 3.05) is 29.5 Å². The molecule has 0 N–H and O–H groups in total. The van der Waals surface area contributed by atoms with Crippen molar-refractivity contribution in [3.63, 3.8) is 0 Å². The molecule has 1 aromatic heterocycles. The van der Waals surface area contributed by atoms with Crippen molar-refractivity contribution in [3.8, 4) is 0 Å². The molecule has 1 aliphatic rings. The third kappa shape index (κ3) is 2.33. The zero-order valence-corrected chi connectivity index (χ0v) is 10.1. The number of rotatable bonds is 1. The Morgan fingerprint density at radius 2 is 2.07 bits per heavy atom. The molecule has 0 unspecified atom stereocenters. The van der Waals surface area contributed by atoms with E-state index < -0.39 is 10.8 Å². The van der Waals surface area contributed by atoms with Crippen molar-refractivity contribution >= 4 is 32.5 Å². The highest BCUT2D eigenvalue weighted by atomic mass is 79.9. The summed E-state index contributed by atoms with van der Waals surface area (Å²) < 4.78 is 12.1. The quantitative estimate of drug-likeness (QED) is 0.777. The predicted molar refractivity (Wildman–Crippen MR) is 62.0 cm³/mol. The zero-order valence-electron chi connectivity index (χ0n) is 7.65. The summed E-state index contributed by atoms with van der Waals surface area (Å²) in [7, 11) is -0.618. The molecule has 0 amide bonds. The van der Waals surface area contributed by atoms with E-state index in [9.17, 15) is 4.21 Å². The van der Waals surface area contributed by atoms with E-state index in [1.165, 1.54) is 0 Å². The van der Waals surface area contributed by atoms with Crippen LogP contribution in [0, 0.1) is 0 Å². The van der Waals surface area contributed by atoms with Crippen LogP contribution >= 0.6 is 15.9 Å². The van der Waals surface area contributed by atoms with Crippen LogP contribution in [0.4, 0.5) is 5.82 Å². The lowest BCUT2D eigenvalue weighted by Gasteiger charge is -2.27. The van der Waals surface area contributed by atoms with E-state index in [4.69, 9.17) is 0 Å². The Bertz CT molecular complexity index is 331. The molecule has 0 radical (unpaired) electrons. The van der Waals surface area contributed by atoms with Crippen molar-refractivity contribution < 1.29 is 4.21 Å². The maximum absolute atomic E-state index is 11.2. The zero-order chi connectivity index (χ0) is 9.97. The van der Waals surface area contributed by atoms with Gasteiger partial charge in [-0.1, -0.05) is 0 Å². The molecule has 1 fully saturated rings. The van der Waals surface area contributed by atoms with Crippen LogP contribution in [-0.2, 0) is 10.8 Å². The average molecular weight is 275 g/mol. The number of hydrogen-bond acceptors (Lipinski definition) is 3. The maximum atomic E-state index is 11.2. The van der Waals surface area contributed by atoms with Gasteiger partial charge in [-0.2, -0.15) is 0 Å². The number of pyridine rings is 1. The van der Waals surface area contributed by atoms with Gasteiger partial charge in [-0.3, -0.25) is 4.21 Å². The van der Waals surface area contributed by atoms with E-state index in [1.54, 1.807) is 6.20 Å². The van der Waals surface area contributed by atoms with Crippen LogP contribution in [0.3, 0.4) is 0 Å². The second-order valence-corrected chi connectivity index (χ2v) is 5.78. The smallest absolute Gasteiger partial charge is 0.128 e. The molecule has 0 spiro atoms. The monoisotopic (exact) mass is 274 g/mol. The fraction of sp³-hybridized carbons (Fsp3) is 0.444. The SMILES string of the molecule is O=S1CCN(c2ccc(Br)cn2)CC1. The molecule has 2 heterocycles. The van der Waals surface area contributed by atoms with E-state index in [2.05, 4.69) is 25.8 Å². The standard InChI is InChI=1S/C9H11BrN2OS/c10-8-1-2-9(11-7-8)12-3-5-14(13)6-4-12/h1-2,7H,3-6H2. The molecule has 0 aromatic carbocycles. The van der Waals surface area contributed by atoms with E-state index in [-0.39, 0.29) is 0 Å². The van der Waals surface area contributed by atoms with Gasteiger partial charge in [0.2, 0.25) is 0 Å². The first-order chi connectivity index (χ1) is 6.75. The molecule has 1 aliphatic heterocycles. The van der Waals surface area contributed by atoms with Gasteiger partial charge in [0.05, 0.1) is 0 Å². The predicted octanol–water partition coefficient (Wildman–Crippen LogP) is 1.41. The molecule has 0 saturated carbocycles. The highest BCUT2D eigenvalue weighted by Crippen LogP contribution is 2.16. The summed E-state index contributed by atoms with van der Waals surface area (Å²) in [4.78, 5) is 6.48. The summed E-state index contributed by atoms with van der Waals surface area (Å²) in [5.41, 5.74) is 0. The molecule has 1 aromatic rings. The minimum atomic E-state index is -0.618. The molecular formula is C9H11BrN2OS. The summed E-state index contributed by atoms with van der Waals surface area (Å²) in [6.07, 6.45) is 1.79. The van der Waals surface area contributed by atoms with Gasteiger partial charge in [0, 0.05) is 46.1 Å². The highest BCUT2D eigenvalue weighted by Gasteiger charge is 2.15. The number of aromatic nitrogens is 1. The second-order valence-electron chi connectivity index (χ2n) is 3.17. The Labute approximate surface area is 94.1 Å². The Balaban J connectivity index is 2.08. The van der Waals surface area contributed by atoms with Crippen molar-refractivity contribution in [1.82, 2.24) is 4.98 Å². The number of hydrogen-bond donors (Lipinski definition) is 0. The van der Waals surface area contributed by atoms with E-state index >= 15 is 0 Å². The molecule has 0 bridgehead atoms. The summed E-state index contributed by atoms with van der Waals surface area (Å²) in [5, 5.41) is 0. The summed E-state index contributed by atoms with van der Waals surface area (Å²) in [5.74, 6) is 2.50. The number of anilines is 1. The molecule has 76 valence electrons. The van der Waals surface area contributed by atoms with Gasteiger partial charge in [0.15, 0.2) is 0 Å². The van der Waals surface area contributed by atoms with E-state index in [1.807, 2.05) is 12.1 Å². The van der Waals surface area contributed by atoms with Crippen LogP contribution in [0.1, 0.15) is 0 Å². The Morgan fingerprint density at radius 1 is 1.36 bits per heavy atom. The van der Waals surface area contributed by atoms with Crippen molar-refractivity contribution in [3.05, 3.63) is 22.8 Å². The number of nitrogens with zero attached hydrogens (tertiary/aromatic N) is 2. The van der Waals surface area contributed by atoms with Crippen LogP contribution in [0.2, 0.25) is 0 Å². The Kier molecular flexibility index (Phi) is 3.18. The molecular weight excluding hydrogens is 264 g/mol. The normalized spacial score (nSPS) is 18.5. The minimum Gasteiger partial charge on any atom is -0.355 e. The highest BCUT2D eigenvalue weighted by molar-refractivity contribution is 9.10. The maximum Gasteiger partial charge on any atom is 0.128 e. The van der Waals surface area contributed by atoms with Gasteiger partial charge in [0.1, 0.15) is 5.82 Å². The van der Waals surface area contributed by atoms with Crippen LogP contribution in [0.25, 0.3) is 0 Å². The lowest BCUT2D eigenvalue weighted by Crippen LogP contribution is -2.38. The van der Waals surface area contributed by atoms with E-state index in [0.29, 0.717) is 0 Å². The van der Waals surface area contributed by atoms with Crippen LogP contribution < -0.4 is 4.90 Å². The van der Waals surface area contributed by atoms with Crippen LogP contribution in [0.5, 0.6) is 0 Å². The summed E-state index contributed by atoms with van der Waals surface area (Å²) in [6.45, 7) is 1.70. The number of halogens is 1. The Morgan fingerprint density at radius 3 is 2.64 bits per heavy atom. The third-order valence-electron chi connectivity index (χ3n) is 2.21. The van der Waals surface area contributed by atoms with Crippen LogP contribution in [-0.4, -0.2) is 33.8 Å². The fourth-order valence-electron chi connectivity index (χ4n) is 1.42. The van der Waals surface area contributed by atoms with Crippen LogP contribution in [0.15, 0.2) is 22.8 Å². The van der Waals surface area contributed by atoms with Crippen molar-refractivity contribution in [2.24, 2.45) is 0 Å². The van der Waals surface area contributed by atoms with Gasteiger partial charge in [-0.25, -0.2) is 4.98 Å². The van der Waals surface area contributed by atoms with Gasteiger partial charge < -0.3 is 4.90 Å². The first-order valence-corrected chi connectivity index (χ1v) is 6.75. The van der Waals surface area contributed by atoms with Gasteiger partial charge >= 0.3 is 0 Å². The Hall–Kier alpha value is -0.420. The summed E-state index contributed by atoms with van der Waals surface area (Å²) >= 11 is 3.35. The molecule has 5 heteroatoms. The molecule has 3 nitrogen and oxygen atoms in total. The topological polar surface area (TPSA) is 33.2 Å². The molecule has 0 atom stereocenters. The molecule has 1 saturated heterocycles. The first kappa shape index (κ1) is 10.1. The van der Waals surface area contributed by atoms with Crippen molar-refractivity contribution in [2.45, 2.75) is 0 Å². The lowest BCUT2D eigenvalue weighted by atomic mass is 10.4. The van der Waals surface area contributed by atoms with Gasteiger partial charge in [-0.15, -0.1) is 0 Å². The molecule has 2 rings (SSSR count). The van der Waals surface area contributed by atoms with Gasteiger partial charge in [0.25, 0.3) is 0 Å². The molecule has 0 aliphatic carbocycles. The largest absolute Gasteiger partial charge is 0.355 e. The van der Waals surface area contributed by atoms with E-state index in [0.717, 1.165) is 34.9 Å². The fourth-order valence-corrected chi connectivity index (χ4v) is 2.71.